The van der Waals surface area contributed by atoms with Gasteiger partial charge >= 0.3 is 0 Å². The van der Waals surface area contributed by atoms with Crippen molar-refractivity contribution in [1.82, 2.24) is 10.7 Å². The van der Waals surface area contributed by atoms with Gasteiger partial charge in [-0.25, -0.2) is 10.4 Å². The van der Waals surface area contributed by atoms with E-state index in [4.69, 9.17) is 0 Å². The number of rotatable bonds is 2. The summed E-state index contributed by atoms with van der Waals surface area (Å²) in [5, 5.41) is 17.2. The fourth-order valence-electron chi connectivity index (χ4n) is 1.69. The molecule has 0 fully saturated rings. The van der Waals surface area contributed by atoms with E-state index in [1.165, 1.54) is 0 Å². The molecule has 5 heteroatoms. The third-order valence-electron chi connectivity index (χ3n) is 3.02. The van der Waals surface area contributed by atoms with Gasteiger partial charge < -0.3 is 10.4 Å². The summed E-state index contributed by atoms with van der Waals surface area (Å²) < 4.78 is 0. The fourth-order valence-corrected chi connectivity index (χ4v) is 1.69. The predicted octanol–water partition coefficient (Wildman–Crippen LogP) is 0.404. The molecule has 0 bridgehead atoms. The van der Waals surface area contributed by atoms with E-state index in [0.717, 1.165) is 18.7 Å². The van der Waals surface area contributed by atoms with E-state index in [1.54, 1.807) is 13.1 Å². The first-order valence-electron chi connectivity index (χ1n) is 5.79. The monoisotopic (exact) mass is 234 g/mol. The van der Waals surface area contributed by atoms with Crippen LogP contribution in [-0.2, 0) is 0 Å². The highest BCUT2D eigenvalue weighted by molar-refractivity contribution is 5.86. The standard InChI is InChI=1S/C12H18N4O/c1-9-3-4-10(7-12(9,2)17)8-15-16-11-13-5-6-14-11/h3-4,7-9,17H,5-6H2,1-2H3,(H2,13,14,16)/b15-8+. The molecule has 0 saturated carbocycles. The number of hydrogen-bond donors (Lipinski definition) is 3. The van der Waals surface area contributed by atoms with Crippen LogP contribution in [0, 0.1) is 5.92 Å². The van der Waals surface area contributed by atoms with E-state index in [-0.39, 0.29) is 5.92 Å². The van der Waals surface area contributed by atoms with E-state index in [9.17, 15) is 5.11 Å². The molecule has 0 spiro atoms. The van der Waals surface area contributed by atoms with Gasteiger partial charge in [-0.15, -0.1) is 0 Å². The van der Waals surface area contributed by atoms with Crippen LogP contribution in [0.4, 0.5) is 0 Å². The molecule has 17 heavy (non-hydrogen) atoms. The van der Waals surface area contributed by atoms with Crippen LogP contribution in [0.15, 0.2) is 33.9 Å². The van der Waals surface area contributed by atoms with Gasteiger partial charge in [0.05, 0.1) is 18.4 Å². The van der Waals surface area contributed by atoms with Crippen LogP contribution in [-0.4, -0.2) is 36.0 Å². The number of guanidine groups is 1. The first-order chi connectivity index (χ1) is 8.08. The summed E-state index contributed by atoms with van der Waals surface area (Å²) in [6.45, 7) is 5.42. The Balaban J connectivity index is 1.95. The second-order valence-electron chi connectivity index (χ2n) is 4.55. The maximum absolute atomic E-state index is 10.1. The van der Waals surface area contributed by atoms with E-state index < -0.39 is 5.60 Å². The number of aliphatic imine (C=N–C) groups is 1. The highest BCUT2D eigenvalue weighted by Crippen LogP contribution is 2.25. The zero-order chi connectivity index (χ0) is 12.3. The van der Waals surface area contributed by atoms with E-state index in [0.29, 0.717) is 5.96 Å². The number of nitrogens with one attached hydrogen (secondary N) is 2. The highest BCUT2D eigenvalue weighted by atomic mass is 16.3. The molecule has 5 nitrogen and oxygen atoms in total. The highest BCUT2D eigenvalue weighted by Gasteiger charge is 2.26. The minimum Gasteiger partial charge on any atom is -0.385 e. The van der Waals surface area contributed by atoms with Gasteiger partial charge in [-0.3, -0.25) is 0 Å². The van der Waals surface area contributed by atoms with E-state index >= 15 is 0 Å². The molecule has 2 rings (SSSR count). The van der Waals surface area contributed by atoms with Crippen molar-refractivity contribution in [1.29, 1.82) is 0 Å². The minimum atomic E-state index is -0.806. The van der Waals surface area contributed by atoms with Crippen LogP contribution in [0.25, 0.3) is 0 Å². The Morgan fingerprint density at radius 2 is 2.53 bits per heavy atom. The van der Waals surface area contributed by atoms with E-state index in [1.807, 2.05) is 25.2 Å². The molecule has 0 radical (unpaired) electrons. The van der Waals surface area contributed by atoms with Crippen LogP contribution < -0.4 is 10.7 Å². The van der Waals surface area contributed by atoms with Gasteiger partial charge in [0.15, 0.2) is 0 Å². The molecule has 2 aliphatic rings. The SMILES string of the molecule is CC1C=CC(/C=N/NC2=NCCN2)=CC1(C)O. The first kappa shape index (κ1) is 11.9. The summed E-state index contributed by atoms with van der Waals surface area (Å²) >= 11 is 0. The lowest BCUT2D eigenvalue weighted by molar-refractivity contribution is 0.0726. The molecule has 1 heterocycles. The average molecular weight is 234 g/mol. The molecule has 3 N–H and O–H groups in total. The molecule has 1 aliphatic heterocycles. The van der Waals surface area contributed by atoms with Crippen molar-refractivity contribution in [2.75, 3.05) is 13.1 Å². The van der Waals surface area contributed by atoms with Crippen LogP contribution in [0.2, 0.25) is 0 Å². The Kier molecular flexibility index (Phi) is 3.28. The smallest absolute Gasteiger partial charge is 0.212 e. The molecule has 2 atom stereocenters. The third kappa shape index (κ3) is 2.94. The molecule has 0 aromatic rings. The van der Waals surface area contributed by atoms with Gasteiger partial charge in [-0.2, -0.15) is 5.10 Å². The topological polar surface area (TPSA) is 69.0 Å². The second kappa shape index (κ2) is 4.71. The zero-order valence-electron chi connectivity index (χ0n) is 10.1. The van der Waals surface area contributed by atoms with Crippen LogP contribution in [0.3, 0.4) is 0 Å². The molecule has 0 aromatic carbocycles. The maximum Gasteiger partial charge on any atom is 0.212 e. The van der Waals surface area contributed by atoms with Gasteiger partial charge in [0.25, 0.3) is 0 Å². The minimum absolute atomic E-state index is 0.119. The van der Waals surface area contributed by atoms with Crippen molar-refractivity contribution in [3.05, 3.63) is 23.8 Å². The van der Waals surface area contributed by atoms with Crippen molar-refractivity contribution in [3.63, 3.8) is 0 Å². The van der Waals surface area contributed by atoms with Crippen LogP contribution >= 0.6 is 0 Å². The van der Waals surface area contributed by atoms with Gasteiger partial charge in [-0.05, 0) is 18.6 Å². The van der Waals surface area contributed by atoms with Gasteiger partial charge in [0.2, 0.25) is 5.96 Å². The number of hydrazone groups is 1. The number of aliphatic hydroxyl groups is 1. The summed E-state index contributed by atoms with van der Waals surface area (Å²) in [7, 11) is 0. The largest absolute Gasteiger partial charge is 0.385 e. The number of allylic oxidation sites excluding steroid dienone is 2. The number of hydrogen-bond acceptors (Lipinski definition) is 5. The van der Waals surface area contributed by atoms with Gasteiger partial charge in [-0.1, -0.05) is 19.1 Å². The molecule has 0 aromatic heterocycles. The predicted molar refractivity (Wildman–Crippen MR) is 68.9 cm³/mol. The third-order valence-corrected chi connectivity index (χ3v) is 3.02. The molecule has 1 aliphatic carbocycles. The summed E-state index contributed by atoms with van der Waals surface area (Å²) in [6.07, 6.45) is 7.43. The van der Waals surface area contributed by atoms with Gasteiger partial charge in [0.1, 0.15) is 0 Å². The number of nitrogens with zero attached hydrogens (tertiary/aromatic N) is 2. The summed E-state index contributed by atoms with van der Waals surface area (Å²) in [5.41, 5.74) is 2.90. The molecular formula is C12H18N4O. The molecular weight excluding hydrogens is 216 g/mol. The van der Waals surface area contributed by atoms with Gasteiger partial charge in [0, 0.05) is 12.5 Å². The normalized spacial score (nSPS) is 32.3. The Morgan fingerprint density at radius 3 is 3.18 bits per heavy atom. The van der Waals surface area contributed by atoms with Crippen molar-refractivity contribution in [2.45, 2.75) is 19.4 Å². The Morgan fingerprint density at radius 1 is 1.71 bits per heavy atom. The van der Waals surface area contributed by atoms with Crippen LogP contribution in [0.5, 0.6) is 0 Å². The van der Waals surface area contributed by atoms with Crippen molar-refractivity contribution in [3.8, 4) is 0 Å². The lowest BCUT2D eigenvalue weighted by atomic mass is 9.84. The Bertz CT molecular complexity index is 407. The second-order valence-corrected chi connectivity index (χ2v) is 4.55. The molecule has 0 saturated heterocycles. The van der Waals surface area contributed by atoms with Crippen molar-refractivity contribution < 1.29 is 5.11 Å². The van der Waals surface area contributed by atoms with E-state index in [2.05, 4.69) is 20.8 Å². The average Bonchev–Trinajstić information content (AvgIpc) is 2.76. The Hall–Kier alpha value is -1.62. The lowest BCUT2D eigenvalue weighted by Crippen LogP contribution is -2.32. The van der Waals surface area contributed by atoms with Crippen LogP contribution in [0.1, 0.15) is 13.8 Å². The van der Waals surface area contributed by atoms with Crippen molar-refractivity contribution in [2.24, 2.45) is 16.0 Å². The zero-order valence-corrected chi connectivity index (χ0v) is 10.1. The lowest BCUT2D eigenvalue weighted by Gasteiger charge is -2.28. The Labute approximate surface area is 101 Å². The molecule has 92 valence electrons. The van der Waals surface area contributed by atoms with Crippen molar-refractivity contribution >= 4 is 12.2 Å². The summed E-state index contributed by atoms with van der Waals surface area (Å²) in [5.74, 6) is 0.815. The fraction of sp³-hybridized carbons (Fsp3) is 0.500. The quantitative estimate of drug-likeness (QED) is 0.478. The molecule has 0 amide bonds. The first-order valence-corrected chi connectivity index (χ1v) is 5.79. The summed E-state index contributed by atoms with van der Waals surface area (Å²) in [6, 6.07) is 0. The molecule has 2 unspecified atom stereocenters. The summed E-state index contributed by atoms with van der Waals surface area (Å²) in [4.78, 5) is 4.15. The maximum atomic E-state index is 10.1.